The number of carbonyl (C=O) groups excluding carboxylic acids is 1. The smallest absolute Gasteiger partial charge is 0.317 e. The van der Waals surface area contributed by atoms with Crippen LogP contribution >= 0.6 is 0 Å². The number of amides is 2. The molecule has 1 atom stereocenters. The number of hydrogen-bond donors (Lipinski definition) is 2. The number of nitrogens with one attached hydrogen (secondary N) is 1. The summed E-state index contributed by atoms with van der Waals surface area (Å²) in [7, 11) is 6.09. The zero-order chi connectivity index (χ0) is 21.8. The first-order chi connectivity index (χ1) is 13.8. The number of likely N-dealkylation sites (N-methyl/N-ethyl adjacent to an activating group) is 2. The summed E-state index contributed by atoms with van der Waals surface area (Å²) in [5.74, 6) is 0.932. The Morgan fingerprint density at radius 3 is 2.72 bits per heavy atom. The monoisotopic (exact) mass is 408 g/mol. The molecular weight excluding hydrogens is 372 g/mol. The summed E-state index contributed by atoms with van der Waals surface area (Å²) in [6.07, 6.45) is 0.809. The number of carbonyl (C=O) groups is 2. The summed E-state index contributed by atoms with van der Waals surface area (Å²) in [6, 6.07) is 6.58. The number of ether oxygens (including phenoxy) is 1. The fraction of sp³-hybridized carbons (Fsp3) is 0.619. The van der Waals surface area contributed by atoms with Crippen LogP contribution in [0.15, 0.2) is 18.2 Å². The number of rotatable bonds is 7. The minimum atomic E-state index is -0.250. The number of benzene rings is 1. The van der Waals surface area contributed by atoms with Crippen LogP contribution in [0.25, 0.3) is 0 Å². The number of urea groups is 1. The summed E-state index contributed by atoms with van der Waals surface area (Å²) in [5, 5.41) is 9.95. The van der Waals surface area contributed by atoms with E-state index in [1.165, 1.54) is 5.56 Å². The lowest BCUT2D eigenvalue weighted by molar-refractivity contribution is -0.122. The van der Waals surface area contributed by atoms with Crippen LogP contribution in [0.2, 0.25) is 0 Å². The summed E-state index contributed by atoms with van der Waals surface area (Å²) in [4.78, 5) is 27.0. The molecule has 0 aliphatic carbocycles. The Morgan fingerprint density at radius 1 is 1.34 bits per heavy atom. The van der Waals surface area contributed by atoms with Gasteiger partial charge in [0.1, 0.15) is 5.75 Å². The highest BCUT2D eigenvalue weighted by atomic mass is 16.5. The Balaban J connectivity index is 0.00000132. The fourth-order valence-electron chi connectivity index (χ4n) is 3.11. The first-order valence-corrected chi connectivity index (χ1v) is 9.94. The molecule has 1 fully saturated rings. The van der Waals surface area contributed by atoms with Gasteiger partial charge in [0.15, 0.2) is 0 Å². The first kappa shape index (κ1) is 24.7. The molecule has 0 spiro atoms. The van der Waals surface area contributed by atoms with Crippen molar-refractivity contribution in [3.8, 4) is 5.75 Å². The summed E-state index contributed by atoms with van der Waals surface area (Å²) in [5.41, 5.74) is 2.34. The number of nitrogens with zero attached hydrogens (tertiary/aromatic N) is 3. The Hall–Kier alpha value is -2.32. The van der Waals surface area contributed by atoms with E-state index in [2.05, 4.69) is 54.3 Å². The first-order valence-electron chi connectivity index (χ1n) is 9.94. The van der Waals surface area contributed by atoms with Crippen molar-refractivity contribution in [2.24, 2.45) is 0 Å². The molecule has 1 unspecified atom stereocenters. The van der Waals surface area contributed by atoms with Crippen molar-refractivity contribution in [3.05, 3.63) is 29.3 Å². The molecule has 8 heteroatoms. The van der Waals surface area contributed by atoms with Crippen LogP contribution in [0.5, 0.6) is 5.75 Å². The number of aryl methyl sites for hydroxylation is 2. The maximum absolute atomic E-state index is 12.3. The molecule has 1 saturated heterocycles. The highest BCUT2D eigenvalue weighted by molar-refractivity contribution is 5.73. The highest BCUT2D eigenvalue weighted by Crippen LogP contribution is 2.19. The van der Waals surface area contributed by atoms with Gasteiger partial charge >= 0.3 is 6.03 Å². The van der Waals surface area contributed by atoms with Crippen LogP contribution in [0.3, 0.4) is 0 Å². The van der Waals surface area contributed by atoms with Crippen molar-refractivity contribution in [1.29, 1.82) is 0 Å². The Kier molecular flexibility index (Phi) is 11.1. The zero-order valence-corrected chi connectivity index (χ0v) is 18.4. The van der Waals surface area contributed by atoms with Gasteiger partial charge < -0.3 is 25.0 Å². The quantitative estimate of drug-likeness (QED) is 0.527. The van der Waals surface area contributed by atoms with Crippen molar-refractivity contribution in [2.75, 3.05) is 60.5 Å². The fourth-order valence-corrected chi connectivity index (χ4v) is 3.11. The van der Waals surface area contributed by atoms with Crippen molar-refractivity contribution < 1.29 is 19.4 Å². The van der Waals surface area contributed by atoms with Crippen LogP contribution in [0.1, 0.15) is 17.5 Å². The van der Waals surface area contributed by atoms with Gasteiger partial charge in [-0.25, -0.2) is 4.79 Å². The average Bonchev–Trinajstić information content (AvgIpc) is 2.68. The second kappa shape index (κ2) is 13.0. The maximum Gasteiger partial charge on any atom is 0.317 e. The van der Waals surface area contributed by atoms with Crippen LogP contribution in [-0.4, -0.2) is 98.8 Å². The van der Waals surface area contributed by atoms with Gasteiger partial charge in [-0.1, -0.05) is 12.1 Å². The largest absolute Gasteiger partial charge is 0.493 e. The average molecular weight is 409 g/mol. The van der Waals surface area contributed by atoms with E-state index in [0.29, 0.717) is 25.7 Å². The van der Waals surface area contributed by atoms with Crippen LogP contribution < -0.4 is 10.1 Å². The Morgan fingerprint density at radius 2 is 2.03 bits per heavy atom. The van der Waals surface area contributed by atoms with Gasteiger partial charge in [-0.2, -0.15) is 0 Å². The molecule has 0 radical (unpaired) electrons. The lowest BCUT2D eigenvalue weighted by Gasteiger charge is -2.37. The predicted octanol–water partition coefficient (Wildman–Crippen LogP) is 1.66. The normalized spacial score (nSPS) is 17.1. The minimum Gasteiger partial charge on any atom is -0.493 e. The van der Waals surface area contributed by atoms with Gasteiger partial charge in [0.2, 0.25) is 0 Å². The van der Waals surface area contributed by atoms with Crippen molar-refractivity contribution in [1.82, 2.24) is 20.0 Å². The van der Waals surface area contributed by atoms with E-state index in [1.54, 1.807) is 4.90 Å². The van der Waals surface area contributed by atoms with Crippen LogP contribution in [-0.2, 0) is 4.79 Å². The molecular formula is C21H36N4O4. The SMILES string of the molecule is Cc1ccc(C)c(OCCCN(C)C(=O)NCC2CN(C)CCN2C)c1.O=CO. The van der Waals surface area contributed by atoms with E-state index in [1.807, 2.05) is 14.0 Å². The van der Waals surface area contributed by atoms with E-state index in [4.69, 9.17) is 14.6 Å². The second-order valence-corrected chi connectivity index (χ2v) is 7.58. The van der Waals surface area contributed by atoms with E-state index >= 15 is 0 Å². The topological polar surface area (TPSA) is 85.4 Å². The molecule has 1 heterocycles. The molecule has 0 bridgehead atoms. The molecule has 164 valence electrons. The van der Waals surface area contributed by atoms with E-state index in [0.717, 1.165) is 37.4 Å². The third-order valence-corrected chi connectivity index (χ3v) is 5.05. The molecule has 1 aromatic rings. The molecule has 0 aromatic heterocycles. The van der Waals surface area contributed by atoms with Gasteiger partial charge in [-0.15, -0.1) is 0 Å². The molecule has 1 aliphatic rings. The lowest BCUT2D eigenvalue weighted by Crippen LogP contribution is -2.55. The van der Waals surface area contributed by atoms with Gasteiger partial charge in [0.05, 0.1) is 6.61 Å². The molecule has 29 heavy (non-hydrogen) atoms. The van der Waals surface area contributed by atoms with Gasteiger partial charge in [0, 0.05) is 45.8 Å². The number of piperazine rings is 1. The molecule has 8 nitrogen and oxygen atoms in total. The molecule has 2 rings (SSSR count). The van der Waals surface area contributed by atoms with Crippen molar-refractivity contribution in [2.45, 2.75) is 26.3 Å². The lowest BCUT2D eigenvalue weighted by atomic mass is 10.1. The standard InChI is InChI=1S/C20H34N4O2.CH2O2/c1-16-7-8-17(2)19(13-16)26-12-6-9-24(5)20(25)21-14-18-15-22(3)10-11-23(18)4;2-1-3/h7-8,13,18H,6,9-12,14-15H2,1-5H3,(H,21,25);1H,(H,2,3). The number of hydrogen-bond acceptors (Lipinski definition) is 5. The molecule has 2 amide bonds. The predicted molar refractivity (Wildman–Crippen MR) is 115 cm³/mol. The molecule has 2 N–H and O–H groups in total. The molecule has 1 aliphatic heterocycles. The van der Waals surface area contributed by atoms with Gasteiger partial charge in [-0.05, 0) is 51.6 Å². The maximum atomic E-state index is 12.3. The van der Waals surface area contributed by atoms with Crippen LogP contribution in [0.4, 0.5) is 4.79 Å². The highest BCUT2D eigenvalue weighted by Gasteiger charge is 2.22. The van der Waals surface area contributed by atoms with Gasteiger partial charge in [-0.3, -0.25) is 9.69 Å². The second-order valence-electron chi connectivity index (χ2n) is 7.58. The summed E-state index contributed by atoms with van der Waals surface area (Å²) in [6.45, 7) is 8.95. The van der Waals surface area contributed by atoms with E-state index in [9.17, 15) is 4.79 Å². The van der Waals surface area contributed by atoms with Crippen molar-refractivity contribution >= 4 is 12.5 Å². The third-order valence-electron chi connectivity index (χ3n) is 5.05. The molecule has 0 saturated carbocycles. The van der Waals surface area contributed by atoms with E-state index in [-0.39, 0.29) is 12.5 Å². The summed E-state index contributed by atoms with van der Waals surface area (Å²) >= 11 is 0. The van der Waals surface area contributed by atoms with Gasteiger partial charge in [0.25, 0.3) is 6.47 Å². The summed E-state index contributed by atoms with van der Waals surface area (Å²) < 4.78 is 5.86. The number of carboxylic acid groups (broad SMARTS) is 1. The Labute approximate surface area is 174 Å². The Bertz CT molecular complexity index is 641. The minimum absolute atomic E-state index is 0.0154. The van der Waals surface area contributed by atoms with Crippen molar-refractivity contribution in [3.63, 3.8) is 0 Å². The molecule has 1 aromatic carbocycles. The third kappa shape index (κ3) is 9.15. The van der Waals surface area contributed by atoms with Crippen LogP contribution in [0, 0.1) is 13.8 Å². The van der Waals surface area contributed by atoms with E-state index < -0.39 is 0 Å². The zero-order valence-electron chi connectivity index (χ0n) is 18.4.